The second-order valence-corrected chi connectivity index (χ2v) is 4.10. The third-order valence-electron chi connectivity index (χ3n) is 2.60. The highest BCUT2D eigenvalue weighted by Gasteiger charge is 2.02. The molecule has 7 heteroatoms. The van der Waals surface area contributed by atoms with Crippen molar-refractivity contribution in [2.45, 2.75) is 19.3 Å². The minimum Gasteiger partial charge on any atom is -0.483 e. The number of nitrogens with zero attached hydrogens (tertiary/aromatic N) is 2. The van der Waals surface area contributed by atoms with Crippen molar-refractivity contribution in [3.8, 4) is 0 Å². The number of carboxylic acid groups (broad SMARTS) is 1. The molecule has 0 saturated carbocycles. The third kappa shape index (κ3) is 7.46. The van der Waals surface area contributed by atoms with Crippen LogP contribution < -0.4 is 5.32 Å². The van der Waals surface area contributed by atoms with Crippen LogP contribution in [0.5, 0.6) is 0 Å². The van der Waals surface area contributed by atoms with Gasteiger partial charge >= 0.3 is 0 Å². The molecule has 1 amide bonds. The Balaban J connectivity index is 0.000000677. The minimum atomic E-state index is -0.250. The van der Waals surface area contributed by atoms with Crippen molar-refractivity contribution in [3.05, 3.63) is 48.3 Å². The van der Waals surface area contributed by atoms with Crippen molar-refractivity contribution in [2.24, 2.45) is 0 Å². The number of aromatic amines is 1. The van der Waals surface area contributed by atoms with Crippen molar-refractivity contribution in [3.63, 3.8) is 0 Å². The first-order chi connectivity index (χ1) is 10.3. The summed E-state index contributed by atoms with van der Waals surface area (Å²) in [5, 5.41) is 9.76. The molecule has 0 aromatic carbocycles. The van der Waals surface area contributed by atoms with Crippen molar-refractivity contribution in [2.75, 3.05) is 6.54 Å². The van der Waals surface area contributed by atoms with Crippen molar-refractivity contribution in [1.82, 2.24) is 20.3 Å². The fourth-order valence-electron chi connectivity index (χ4n) is 1.65. The van der Waals surface area contributed by atoms with E-state index in [9.17, 15) is 4.79 Å². The molecule has 0 aliphatic carbocycles. The molecule has 0 spiro atoms. The van der Waals surface area contributed by atoms with E-state index in [-0.39, 0.29) is 12.4 Å². The average Bonchev–Trinajstić information content (AvgIpc) is 3.00. The van der Waals surface area contributed by atoms with E-state index in [0.29, 0.717) is 13.0 Å². The van der Waals surface area contributed by atoms with Gasteiger partial charge in [-0.25, -0.2) is 4.98 Å². The number of carbonyl (C=O) groups is 2. The van der Waals surface area contributed by atoms with Gasteiger partial charge in [0.05, 0.1) is 0 Å². The Labute approximate surface area is 122 Å². The zero-order valence-corrected chi connectivity index (χ0v) is 11.5. The molecular weight excluding hydrogens is 272 g/mol. The van der Waals surface area contributed by atoms with Crippen LogP contribution in [0.25, 0.3) is 0 Å². The van der Waals surface area contributed by atoms with E-state index in [0.717, 1.165) is 24.2 Å². The smallest absolute Gasteiger partial charge is 0.290 e. The van der Waals surface area contributed by atoms with Gasteiger partial charge in [-0.05, 0) is 18.1 Å². The fourth-order valence-corrected chi connectivity index (χ4v) is 1.65. The summed E-state index contributed by atoms with van der Waals surface area (Å²) in [4.78, 5) is 31.0. The number of imidazole rings is 1. The van der Waals surface area contributed by atoms with Gasteiger partial charge in [0, 0.05) is 44.2 Å². The largest absolute Gasteiger partial charge is 0.483 e. The van der Waals surface area contributed by atoms with E-state index in [1.165, 1.54) is 0 Å². The highest BCUT2D eigenvalue weighted by Crippen LogP contribution is 2.00. The lowest BCUT2D eigenvalue weighted by Gasteiger charge is -2.04. The van der Waals surface area contributed by atoms with Crippen LogP contribution in [0.4, 0.5) is 0 Å². The molecule has 2 heterocycles. The maximum Gasteiger partial charge on any atom is 0.290 e. The molecule has 0 bridgehead atoms. The molecule has 112 valence electrons. The van der Waals surface area contributed by atoms with Gasteiger partial charge in [0.1, 0.15) is 5.82 Å². The average molecular weight is 290 g/mol. The monoisotopic (exact) mass is 290 g/mol. The summed E-state index contributed by atoms with van der Waals surface area (Å²) in [5.41, 5.74) is 1.08. The molecule has 0 atom stereocenters. The van der Waals surface area contributed by atoms with Crippen LogP contribution >= 0.6 is 0 Å². The van der Waals surface area contributed by atoms with Crippen LogP contribution in [0, 0.1) is 0 Å². The number of amides is 1. The van der Waals surface area contributed by atoms with Crippen LogP contribution in [0.15, 0.2) is 36.9 Å². The lowest BCUT2D eigenvalue weighted by atomic mass is 10.1. The SMILES string of the molecule is O=C(CCc1cccnc1)NCCc1ncc[nH]1.O=CO. The predicted octanol–water partition coefficient (Wildman–Crippen LogP) is 0.797. The number of aromatic nitrogens is 3. The zero-order valence-electron chi connectivity index (χ0n) is 11.5. The van der Waals surface area contributed by atoms with Crippen molar-refractivity contribution >= 4 is 12.4 Å². The Morgan fingerprint density at radius 2 is 2.19 bits per heavy atom. The summed E-state index contributed by atoms with van der Waals surface area (Å²) in [7, 11) is 0. The van der Waals surface area contributed by atoms with Gasteiger partial charge in [-0.3, -0.25) is 14.6 Å². The number of pyridine rings is 1. The molecule has 2 aromatic heterocycles. The van der Waals surface area contributed by atoms with Gasteiger partial charge < -0.3 is 15.4 Å². The van der Waals surface area contributed by atoms with Crippen LogP contribution in [-0.4, -0.2) is 39.0 Å². The number of hydrogen-bond acceptors (Lipinski definition) is 4. The summed E-state index contributed by atoms with van der Waals surface area (Å²) >= 11 is 0. The van der Waals surface area contributed by atoms with Crippen molar-refractivity contribution in [1.29, 1.82) is 0 Å². The van der Waals surface area contributed by atoms with Crippen molar-refractivity contribution < 1.29 is 14.7 Å². The minimum absolute atomic E-state index is 0.0606. The highest BCUT2D eigenvalue weighted by atomic mass is 16.3. The van der Waals surface area contributed by atoms with Gasteiger partial charge in [-0.2, -0.15) is 0 Å². The number of aryl methyl sites for hydroxylation is 1. The van der Waals surface area contributed by atoms with Gasteiger partial charge in [0.25, 0.3) is 6.47 Å². The quantitative estimate of drug-likeness (QED) is 0.682. The lowest BCUT2D eigenvalue weighted by molar-refractivity contribution is -0.123. The molecule has 0 fully saturated rings. The summed E-state index contributed by atoms with van der Waals surface area (Å²) < 4.78 is 0. The predicted molar refractivity (Wildman–Crippen MR) is 76.6 cm³/mol. The van der Waals surface area contributed by atoms with E-state index in [1.54, 1.807) is 24.8 Å². The summed E-state index contributed by atoms with van der Waals surface area (Å²) in [6.07, 6.45) is 8.94. The summed E-state index contributed by atoms with van der Waals surface area (Å²) in [6, 6.07) is 3.85. The number of carbonyl (C=O) groups excluding carboxylic acids is 1. The number of H-pyrrole nitrogens is 1. The maximum atomic E-state index is 11.6. The second kappa shape index (κ2) is 10.1. The Bertz CT molecular complexity index is 514. The Hall–Kier alpha value is -2.70. The van der Waals surface area contributed by atoms with Gasteiger partial charge in [0.15, 0.2) is 0 Å². The Morgan fingerprint density at radius 1 is 1.38 bits per heavy atom. The van der Waals surface area contributed by atoms with Crippen LogP contribution in [0.3, 0.4) is 0 Å². The summed E-state index contributed by atoms with van der Waals surface area (Å²) in [5.74, 6) is 0.952. The molecular formula is C14H18N4O3. The maximum absolute atomic E-state index is 11.6. The molecule has 0 unspecified atom stereocenters. The topological polar surface area (TPSA) is 108 Å². The highest BCUT2D eigenvalue weighted by molar-refractivity contribution is 5.76. The molecule has 0 saturated heterocycles. The van der Waals surface area contributed by atoms with Gasteiger partial charge in [-0.1, -0.05) is 6.07 Å². The standard InChI is InChI=1S/C13H16N4O.CH2O2/c18-13(4-3-11-2-1-6-14-10-11)17-7-5-12-15-8-9-16-12;2-1-3/h1-2,6,8-10H,3-5,7H2,(H,15,16)(H,17,18);1H,(H,2,3). The molecule has 0 radical (unpaired) electrons. The van der Waals surface area contributed by atoms with E-state index in [1.807, 2.05) is 12.1 Å². The van der Waals surface area contributed by atoms with E-state index in [4.69, 9.17) is 9.90 Å². The fraction of sp³-hybridized carbons (Fsp3) is 0.286. The van der Waals surface area contributed by atoms with E-state index < -0.39 is 0 Å². The first-order valence-corrected chi connectivity index (χ1v) is 6.48. The first-order valence-electron chi connectivity index (χ1n) is 6.48. The lowest BCUT2D eigenvalue weighted by Crippen LogP contribution is -2.26. The molecule has 7 nitrogen and oxygen atoms in total. The van der Waals surface area contributed by atoms with Crippen LogP contribution in [0.1, 0.15) is 17.8 Å². The number of hydrogen-bond donors (Lipinski definition) is 3. The second-order valence-electron chi connectivity index (χ2n) is 4.10. The molecule has 0 aliphatic rings. The van der Waals surface area contributed by atoms with Crippen LogP contribution in [0.2, 0.25) is 0 Å². The first kappa shape index (κ1) is 16.4. The number of nitrogens with one attached hydrogen (secondary N) is 2. The normalized spacial score (nSPS) is 9.33. The third-order valence-corrected chi connectivity index (χ3v) is 2.60. The Morgan fingerprint density at radius 3 is 2.81 bits per heavy atom. The summed E-state index contributed by atoms with van der Waals surface area (Å²) in [6.45, 7) is 0.361. The molecule has 21 heavy (non-hydrogen) atoms. The number of rotatable bonds is 6. The zero-order chi connectivity index (χ0) is 15.3. The van der Waals surface area contributed by atoms with Gasteiger partial charge in [-0.15, -0.1) is 0 Å². The van der Waals surface area contributed by atoms with E-state index in [2.05, 4.69) is 20.3 Å². The Kier molecular flexibility index (Phi) is 7.89. The molecule has 3 N–H and O–H groups in total. The molecule has 2 rings (SSSR count). The van der Waals surface area contributed by atoms with Crippen LogP contribution in [-0.2, 0) is 22.4 Å². The molecule has 2 aromatic rings. The van der Waals surface area contributed by atoms with E-state index >= 15 is 0 Å². The molecule has 0 aliphatic heterocycles. The van der Waals surface area contributed by atoms with Gasteiger partial charge in [0.2, 0.25) is 5.91 Å².